The highest BCUT2D eigenvalue weighted by Gasteiger charge is 2.14. The number of nitrogens with zero attached hydrogens (tertiary/aromatic N) is 2. The van der Waals surface area contributed by atoms with Crippen LogP contribution in [0.25, 0.3) is 11.0 Å². The van der Waals surface area contributed by atoms with Gasteiger partial charge in [-0.3, -0.25) is 13.9 Å². The summed E-state index contributed by atoms with van der Waals surface area (Å²) < 4.78 is 3.24. The highest BCUT2D eigenvalue weighted by molar-refractivity contribution is 5.85. The molecule has 3 rings (SSSR count). The fraction of sp³-hybridized carbons (Fsp3) is 0.412. The summed E-state index contributed by atoms with van der Waals surface area (Å²) in [4.78, 5) is 24.7. The number of aryl methyl sites for hydroxylation is 1. The van der Waals surface area contributed by atoms with Gasteiger partial charge >= 0.3 is 5.69 Å². The molecule has 130 valence electrons. The Morgan fingerprint density at radius 3 is 2.58 bits per heavy atom. The quantitative estimate of drug-likeness (QED) is 0.798. The number of hydrogen-bond acceptors (Lipinski definition) is 3. The molecule has 0 aliphatic carbocycles. The number of amides is 1. The third kappa shape index (κ3) is 3.71. The smallest absolute Gasteiger partial charge is 0.329 e. The Morgan fingerprint density at radius 2 is 1.96 bits per heavy atom. The molecule has 6 nitrogen and oxygen atoms in total. The van der Waals surface area contributed by atoms with E-state index in [4.69, 9.17) is 0 Å². The van der Waals surface area contributed by atoms with Crippen LogP contribution in [0.1, 0.15) is 13.3 Å². The predicted octanol–water partition coefficient (Wildman–Crippen LogP) is 1.28. The molecule has 2 aromatic rings. The number of rotatable bonds is 5. The molecule has 7 heteroatoms. The molecule has 0 radical (unpaired) electrons. The van der Waals surface area contributed by atoms with E-state index in [1.54, 1.807) is 9.13 Å². The number of fused-ring (bicyclic) bond motifs is 1. The van der Waals surface area contributed by atoms with Crippen molar-refractivity contribution in [3.8, 4) is 0 Å². The molecule has 0 fully saturated rings. The zero-order valence-corrected chi connectivity index (χ0v) is 14.6. The molecule has 0 saturated heterocycles. The lowest BCUT2D eigenvalue weighted by Crippen LogP contribution is -2.35. The molecule has 24 heavy (non-hydrogen) atoms. The van der Waals surface area contributed by atoms with Crippen molar-refractivity contribution in [3.05, 3.63) is 46.4 Å². The SMILES string of the molecule is CCn1c(=O)n(CC(=O)NCC2=CCNCC2)c2ccccc21.Cl. The lowest BCUT2D eigenvalue weighted by atomic mass is 10.1. The summed E-state index contributed by atoms with van der Waals surface area (Å²) in [6.45, 7) is 4.94. The van der Waals surface area contributed by atoms with Gasteiger partial charge in [-0.25, -0.2) is 4.79 Å². The second-order valence-corrected chi connectivity index (χ2v) is 5.69. The molecule has 0 unspecified atom stereocenters. The molecular weight excluding hydrogens is 328 g/mol. The van der Waals surface area contributed by atoms with Crippen molar-refractivity contribution >= 4 is 29.3 Å². The molecule has 1 amide bonds. The monoisotopic (exact) mass is 350 g/mol. The van der Waals surface area contributed by atoms with E-state index in [0.29, 0.717) is 13.1 Å². The number of carbonyl (C=O) groups is 1. The van der Waals surface area contributed by atoms with Crippen LogP contribution in [0.2, 0.25) is 0 Å². The van der Waals surface area contributed by atoms with Crippen LogP contribution in [0.15, 0.2) is 40.7 Å². The van der Waals surface area contributed by atoms with E-state index in [1.807, 2.05) is 31.2 Å². The fourth-order valence-electron chi connectivity index (χ4n) is 2.97. The molecule has 0 spiro atoms. The van der Waals surface area contributed by atoms with Crippen LogP contribution >= 0.6 is 12.4 Å². The first-order valence-electron chi connectivity index (χ1n) is 8.04. The Hall–Kier alpha value is -2.05. The van der Waals surface area contributed by atoms with Gasteiger partial charge in [0, 0.05) is 19.6 Å². The van der Waals surface area contributed by atoms with Crippen LogP contribution in [0.5, 0.6) is 0 Å². The first kappa shape index (κ1) is 18.3. The minimum absolute atomic E-state index is 0. The highest BCUT2D eigenvalue weighted by Crippen LogP contribution is 2.12. The third-order valence-corrected chi connectivity index (χ3v) is 4.21. The van der Waals surface area contributed by atoms with Gasteiger partial charge in [0.15, 0.2) is 0 Å². The van der Waals surface area contributed by atoms with Crippen molar-refractivity contribution in [2.75, 3.05) is 19.6 Å². The van der Waals surface area contributed by atoms with Gasteiger partial charge in [-0.2, -0.15) is 0 Å². The molecule has 1 aliphatic heterocycles. The van der Waals surface area contributed by atoms with Gasteiger partial charge in [0.2, 0.25) is 5.91 Å². The predicted molar refractivity (Wildman–Crippen MR) is 97.7 cm³/mol. The van der Waals surface area contributed by atoms with Gasteiger partial charge in [0.05, 0.1) is 11.0 Å². The highest BCUT2D eigenvalue weighted by atomic mass is 35.5. The average Bonchev–Trinajstić information content (AvgIpc) is 2.85. The Balaban J connectivity index is 0.00000208. The van der Waals surface area contributed by atoms with E-state index in [1.165, 1.54) is 5.57 Å². The number of para-hydroxylation sites is 2. The second-order valence-electron chi connectivity index (χ2n) is 5.69. The third-order valence-electron chi connectivity index (χ3n) is 4.21. The molecule has 0 saturated carbocycles. The topological polar surface area (TPSA) is 68.1 Å². The molecule has 0 atom stereocenters. The lowest BCUT2D eigenvalue weighted by Gasteiger charge is -2.14. The summed E-state index contributed by atoms with van der Waals surface area (Å²) in [5, 5.41) is 6.16. The maximum atomic E-state index is 12.5. The van der Waals surface area contributed by atoms with Crippen molar-refractivity contribution in [2.24, 2.45) is 0 Å². The van der Waals surface area contributed by atoms with Gasteiger partial charge in [0.1, 0.15) is 6.54 Å². The number of nitrogens with one attached hydrogen (secondary N) is 2. The maximum Gasteiger partial charge on any atom is 0.329 e. The molecule has 2 N–H and O–H groups in total. The summed E-state index contributed by atoms with van der Waals surface area (Å²) in [6, 6.07) is 7.58. The maximum absolute atomic E-state index is 12.5. The molecular formula is C17H23ClN4O2. The standard InChI is InChI=1S/C17H22N4O2.ClH/c1-2-20-14-5-3-4-6-15(14)21(17(20)23)12-16(22)19-11-13-7-9-18-10-8-13;/h3-7,18H,2,8-12H2,1H3,(H,19,22);1H. The van der Waals surface area contributed by atoms with E-state index in [2.05, 4.69) is 16.7 Å². The number of hydrogen-bond donors (Lipinski definition) is 2. The van der Waals surface area contributed by atoms with Crippen LogP contribution in [-0.2, 0) is 17.9 Å². The molecule has 1 aromatic carbocycles. The summed E-state index contributed by atoms with van der Waals surface area (Å²) in [5.74, 6) is -0.134. The number of benzene rings is 1. The van der Waals surface area contributed by atoms with Crippen molar-refractivity contribution in [1.82, 2.24) is 19.8 Å². The lowest BCUT2D eigenvalue weighted by molar-refractivity contribution is -0.121. The summed E-state index contributed by atoms with van der Waals surface area (Å²) in [6.07, 6.45) is 3.06. The van der Waals surface area contributed by atoms with E-state index in [9.17, 15) is 9.59 Å². The zero-order chi connectivity index (χ0) is 16.2. The number of carbonyl (C=O) groups excluding carboxylic acids is 1. The van der Waals surface area contributed by atoms with E-state index in [-0.39, 0.29) is 30.5 Å². The van der Waals surface area contributed by atoms with Gasteiger partial charge < -0.3 is 10.6 Å². The van der Waals surface area contributed by atoms with E-state index < -0.39 is 0 Å². The Morgan fingerprint density at radius 1 is 1.25 bits per heavy atom. The Kier molecular flexibility index (Phi) is 6.23. The van der Waals surface area contributed by atoms with E-state index in [0.717, 1.165) is 30.5 Å². The van der Waals surface area contributed by atoms with Crippen LogP contribution in [0.4, 0.5) is 0 Å². The van der Waals surface area contributed by atoms with E-state index >= 15 is 0 Å². The number of halogens is 1. The Bertz CT molecular complexity index is 807. The summed E-state index contributed by atoms with van der Waals surface area (Å²) in [5.41, 5.74) is 2.77. The van der Waals surface area contributed by atoms with Crippen molar-refractivity contribution in [3.63, 3.8) is 0 Å². The van der Waals surface area contributed by atoms with Crippen molar-refractivity contribution < 1.29 is 4.79 Å². The largest absolute Gasteiger partial charge is 0.351 e. The van der Waals surface area contributed by atoms with Crippen LogP contribution in [-0.4, -0.2) is 34.7 Å². The van der Waals surface area contributed by atoms with Gasteiger partial charge in [0.25, 0.3) is 0 Å². The van der Waals surface area contributed by atoms with Crippen molar-refractivity contribution in [2.45, 2.75) is 26.4 Å². The second kappa shape index (κ2) is 8.17. The molecule has 1 aromatic heterocycles. The fourth-order valence-corrected chi connectivity index (χ4v) is 2.97. The van der Waals surface area contributed by atoms with Crippen LogP contribution < -0.4 is 16.3 Å². The van der Waals surface area contributed by atoms with Gasteiger partial charge in [-0.1, -0.05) is 23.8 Å². The van der Waals surface area contributed by atoms with Crippen molar-refractivity contribution in [1.29, 1.82) is 0 Å². The number of imidazole rings is 1. The molecule has 0 bridgehead atoms. The van der Waals surface area contributed by atoms with Crippen LogP contribution in [0.3, 0.4) is 0 Å². The first-order chi connectivity index (χ1) is 11.2. The molecule has 2 heterocycles. The normalized spacial score (nSPS) is 14.1. The van der Waals surface area contributed by atoms with Gasteiger partial charge in [-0.15, -0.1) is 12.4 Å². The summed E-state index contributed by atoms with van der Waals surface area (Å²) in [7, 11) is 0. The first-order valence-corrected chi connectivity index (χ1v) is 8.04. The zero-order valence-electron chi connectivity index (χ0n) is 13.7. The van der Waals surface area contributed by atoms with Crippen LogP contribution in [0, 0.1) is 0 Å². The molecule has 1 aliphatic rings. The van der Waals surface area contributed by atoms with Gasteiger partial charge in [-0.05, 0) is 32.0 Å². The average molecular weight is 351 g/mol. The summed E-state index contributed by atoms with van der Waals surface area (Å²) >= 11 is 0. The minimum atomic E-state index is -0.134. The number of aromatic nitrogens is 2. The Labute approximate surface area is 146 Å². The minimum Gasteiger partial charge on any atom is -0.351 e.